The molecule has 0 aromatic heterocycles. The van der Waals surface area contributed by atoms with Crippen LogP contribution in [0.15, 0.2) is 58.3 Å². The minimum Gasteiger partial charge on any atom is -0.622 e. The van der Waals surface area contributed by atoms with Crippen LogP contribution in [0.1, 0.15) is 6.92 Å². The van der Waals surface area contributed by atoms with Gasteiger partial charge in [0.2, 0.25) is 9.84 Å². The maximum Gasteiger partial charge on any atom is 0.218 e. The van der Waals surface area contributed by atoms with E-state index in [1.54, 1.807) is 36.4 Å². The highest BCUT2D eigenvalue weighted by atomic mass is 32.2. The maximum atomic E-state index is 13.8. The molecule has 5 nitrogen and oxygen atoms in total. The van der Waals surface area contributed by atoms with Gasteiger partial charge in [-0.3, -0.25) is 4.65 Å². The highest BCUT2D eigenvalue weighted by Gasteiger charge is 2.42. The molecular formula is C17H20N2O3S. The molecule has 122 valence electrons. The molecule has 0 saturated carbocycles. The monoisotopic (exact) mass is 332 g/mol. The first kappa shape index (κ1) is 16.1. The first-order valence-electron chi connectivity index (χ1n) is 7.48. The lowest BCUT2D eigenvalue weighted by molar-refractivity contribution is 0.268. The molecule has 1 aliphatic rings. The smallest absolute Gasteiger partial charge is 0.218 e. The van der Waals surface area contributed by atoms with E-state index in [4.69, 9.17) is 0 Å². The predicted molar refractivity (Wildman–Crippen MR) is 91.2 cm³/mol. The summed E-state index contributed by atoms with van der Waals surface area (Å²) in [5.74, 6) is 0. The summed E-state index contributed by atoms with van der Waals surface area (Å²) in [4.78, 5) is 2.19. The van der Waals surface area contributed by atoms with Crippen molar-refractivity contribution < 1.29 is 8.42 Å². The van der Waals surface area contributed by atoms with E-state index in [-0.39, 0.29) is 22.4 Å². The minimum atomic E-state index is -3.66. The average Bonchev–Trinajstić information content (AvgIpc) is 2.53. The molecule has 3 rings (SSSR count). The fraction of sp³-hybridized carbons (Fsp3) is 0.294. The van der Waals surface area contributed by atoms with Crippen molar-refractivity contribution in [3.8, 4) is 0 Å². The van der Waals surface area contributed by atoms with Crippen molar-refractivity contribution in [3.05, 3.63) is 53.7 Å². The van der Waals surface area contributed by atoms with Gasteiger partial charge >= 0.3 is 0 Å². The zero-order chi connectivity index (χ0) is 16.8. The number of hydrogen-bond donors (Lipinski definition) is 0. The number of sulfone groups is 1. The molecule has 0 aliphatic carbocycles. The Bertz CT molecular complexity index is 793. The number of quaternary nitrogens is 1. The molecule has 2 aromatic carbocycles. The number of hydrogen-bond acceptors (Lipinski definition) is 4. The summed E-state index contributed by atoms with van der Waals surface area (Å²) >= 11 is 0. The first-order chi connectivity index (χ1) is 10.8. The standard InChI is InChI=1S/C17H20N2O3S/c1-13(18(2)3)12-19(20)14-8-4-6-10-16(14)23(21,22)17-11-7-5-9-15(17)19/h4-11,13H,12H2,1-3H3. The molecule has 1 atom stereocenters. The van der Waals surface area contributed by atoms with Crippen LogP contribution in [-0.4, -0.2) is 40.0 Å². The molecule has 0 N–H and O–H groups in total. The summed E-state index contributed by atoms with van der Waals surface area (Å²) in [5, 5.41) is 13.8. The van der Waals surface area contributed by atoms with E-state index in [1.165, 1.54) is 12.1 Å². The van der Waals surface area contributed by atoms with E-state index < -0.39 is 14.5 Å². The van der Waals surface area contributed by atoms with Crippen LogP contribution in [0, 0.1) is 5.21 Å². The van der Waals surface area contributed by atoms with Gasteiger partial charge in [0.1, 0.15) is 16.3 Å². The fourth-order valence-electron chi connectivity index (χ4n) is 2.95. The number of benzene rings is 2. The molecule has 2 aromatic rings. The average molecular weight is 332 g/mol. The number of likely N-dealkylation sites (N-methyl/N-ethyl adjacent to an activating group) is 1. The van der Waals surface area contributed by atoms with Crippen LogP contribution in [0.4, 0.5) is 11.4 Å². The number of hydroxylamine groups is 1. The Morgan fingerprint density at radius 3 is 1.87 bits per heavy atom. The van der Waals surface area contributed by atoms with Crippen molar-refractivity contribution in [1.29, 1.82) is 0 Å². The Hall–Kier alpha value is -1.73. The van der Waals surface area contributed by atoms with Crippen molar-refractivity contribution in [2.45, 2.75) is 22.8 Å². The third-order valence-electron chi connectivity index (χ3n) is 4.49. The molecule has 0 radical (unpaired) electrons. The first-order valence-corrected chi connectivity index (χ1v) is 8.96. The van der Waals surface area contributed by atoms with Crippen LogP contribution >= 0.6 is 0 Å². The highest BCUT2D eigenvalue weighted by Crippen LogP contribution is 2.48. The minimum absolute atomic E-state index is 0.00517. The molecule has 23 heavy (non-hydrogen) atoms. The van der Waals surface area contributed by atoms with Gasteiger partial charge < -0.3 is 10.1 Å². The molecule has 1 unspecified atom stereocenters. The summed E-state index contributed by atoms with van der Waals surface area (Å²) in [7, 11) is 0.166. The Kier molecular flexibility index (Phi) is 3.80. The van der Waals surface area contributed by atoms with Crippen LogP contribution in [0.5, 0.6) is 0 Å². The molecule has 0 amide bonds. The van der Waals surface area contributed by atoms with E-state index in [0.717, 1.165) is 0 Å². The van der Waals surface area contributed by atoms with Gasteiger partial charge in [-0.1, -0.05) is 24.3 Å². The largest absolute Gasteiger partial charge is 0.622 e. The van der Waals surface area contributed by atoms with Crippen molar-refractivity contribution >= 4 is 21.2 Å². The molecule has 6 heteroatoms. The predicted octanol–water partition coefficient (Wildman–Crippen LogP) is 2.92. The number of para-hydroxylation sites is 2. The van der Waals surface area contributed by atoms with Crippen molar-refractivity contribution in [1.82, 2.24) is 9.55 Å². The van der Waals surface area contributed by atoms with E-state index in [0.29, 0.717) is 11.4 Å². The van der Waals surface area contributed by atoms with Gasteiger partial charge in [0, 0.05) is 12.1 Å². The van der Waals surface area contributed by atoms with Crippen LogP contribution in [0.2, 0.25) is 0 Å². The lowest BCUT2D eigenvalue weighted by atomic mass is 10.1. The van der Waals surface area contributed by atoms with Crippen LogP contribution < -0.4 is 4.65 Å². The van der Waals surface area contributed by atoms with E-state index >= 15 is 0 Å². The lowest BCUT2D eigenvalue weighted by Crippen LogP contribution is -2.49. The van der Waals surface area contributed by atoms with Gasteiger partial charge in [0.25, 0.3) is 0 Å². The van der Waals surface area contributed by atoms with Crippen LogP contribution in [0.25, 0.3) is 0 Å². The maximum absolute atomic E-state index is 13.8. The zero-order valence-electron chi connectivity index (χ0n) is 13.4. The van der Waals surface area contributed by atoms with Crippen LogP contribution in [-0.2, 0) is 9.84 Å². The topological polar surface area (TPSA) is 60.4 Å². The van der Waals surface area contributed by atoms with Gasteiger partial charge in [0.05, 0.1) is 6.04 Å². The summed E-state index contributed by atoms with van der Waals surface area (Å²) in [6.45, 7) is 2.21. The number of nitrogens with zero attached hydrogens (tertiary/aromatic N) is 2. The SMILES string of the molecule is CC(C[N+]1([O-])c2ccccc2S(=O)(=O)c2ccccc21)N(C)C. The zero-order valence-corrected chi connectivity index (χ0v) is 14.2. The van der Waals surface area contributed by atoms with Crippen molar-refractivity contribution in [2.75, 3.05) is 20.6 Å². The highest BCUT2D eigenvalue weighted by molar-refractivity contribution is 7.92. The molecule has 1 aliphatic heterocycles. The van der Waals surface area contributed by atoms with Gasteiger partial charge in [-0.2, -0.15) is 0 Å². The second-order valence-electron chi connectivity index (χ2n) is 6.17. The second kappa shape index (κ2) is 5.42. The molecule has 0 saturated heterocycles. The summed E-state index contributed by atoms with van der Waals surface area (Å²) in [6, 6.07) is 13.0. The van der Waals surface area contributed by atoms with Crippen LogP contribution in [0.3, 0.4) is 0 Å². The van der Waals surface area contributed by atoms with Crippen molar-refractivity contribution in [2.24, 2.45) is 0 Å². The third-order valence-corrected chi connectivity index (χ3v) is 6.34. The normalized spacial score (nSPS) is 19.0. The summed E-state index contributed by atoms with van der Waals surface area (Å²) < 4.78 is 24.9. The van der Waals surface area contributed by atoms with E-state index in [9.17, 15) is 13.6 Å². The third kappa shape index (κ3) is 2.38. The Morgan fingerprint density at radius 1 is 1.00 bits per heavy atom. The van der Waals surface area contributed by atoms with Gasteiger partial charge in [0.15, 0.2) is 11.4 Å². The quantitative estimate of drug-likeness (QED) is 0.640. The summed E-state index contributed by atoms with van der Waals surface area (Å²) in [6.07, 6.45) is 0. The fourth-order valence-corrected chi connectivity index (χ4v) is 4.68. The molecular weight excluding hydrogens is 312 g/mol. The Labute approximate surface area is 136 Å². The number of rotatable bonds is 3. The molecule has 0 bridgehead atoms. The van der Waals surface area contributed by atoms with Gasteiger partial charge in [-0.15, -0.1) is 0 Å². The molecule has 0 spiro atoms. The second-order valence-corrected chi connectivity index (χ2v) is 8.06. The Morgan fingerprint density at radius 2 is 1.43 bits per heavy atom. The Balaban J connectivity index is 2.30. The van der Waals surface area contributed by atoms with E-state index in [2.05, 4.69) is 0 Å². The van der Waals surface area contributed by atoms with Gasteiger partial charge in [-0.05, 0) is 33.2 Å². The number of fused-ring (bicyclic) bond motifs is 2. The molecule has 0 fully saturated rings. The molecule has 1 heterocycles. The summed E-state index contributed by atoms with van der Waals surface area (Å²) in [5.41, 5.74) is 0.583. The van der Waals surface area contributed by atoms with Crippen molar-refractivity contribution in [3.63, 3.8) is 0 Å². The van der Waals surface area contributed by atoms with E-state index in [1.807, 2.05) is 25.9 Å². The lowest BCUT2D eigenvalue weighted by Gasteiger charge is -2.47. The van der Waals surface area contributed by atoms with Gasteiger partial charge in [-0.25, -0.2) is 8.42 Å².